The summed E-state index contributed by atoms with van der Waals surface area (Å²) in [5, 5.41) is 0. The van der Waals surface area contributed by atoms with Crippen molar-refractivity contribution in [2.75, 3.05) is 13.2 Å². The Balaban J connectivity index is 4.42. The third kappa shape index (κ3) is 46.5. The van der Waals surface area contributed by atoms with Crippen molar-refractivity contribution in [1.29, 1.82) is 0 Å². The number of hydrogen-bond acceptors (Lipinski definition) is 6. The summed E-state index contributed by atoms with van der Waals surface area (Å²) in [6, 6.07) is 0. The molecule has 0 heterocycles. The predicted molar refractivity (Wildman–Crippen MR) is 252 cm³/mol. The van der Waals surface area contributed by atoms with E-state index in [1.807, 2.05) is 0 Å². The fourth-order valence-electron chi connectivity index (χ4n) is 7.19. The number of unbranched alkanes of at least 4 members (excludes halogenated alkanes) is 29. The van der Waals surface area contributed by atoms with Gasteiger partial charge in [0.25, 0.3) is 0 Å². The molecule has 0 aliphatic rings. The number of carbonyl (C=O) groups is 3. The fourth-order valence-corrected chi connectivity index (χ4v) is 7.19. The van der Waals surface area contributed by atoms with Gasteiger partial charge in [-0.2, -0.15) is 0 Å². The van der Waals surface area contributed by atoms with Crippen molar-refractivity contribution in [2.24, 2.45) is 0 Å². The van der Waals surface area contributed by atoms with Crippen molar-refractivity contribution in [3.63, 3.8) is 0 Å². The Kier molecular flexibility index (Phi) is 46.4. The van der Waals surface area contributed by atoms with E-state index in [-0.39, 0.29) is 31.1 Å². The average molecular weight is 829 g/mol. The molecule has 6 heteroatoms. The molecule has 0 radical (unpaired) electrons. The molecule has 1 unspecified atom stereocenters. The molecule has 0 aromatic heterocycles. The zero-order valence-corrected chi connectivity index (χ0v) is 39.3. The standard InChI is InChI=1S/C53H96O6/c1-4-7-10-13-16-19-22-25-28-31-34-37-40-43-46-52(55)58-49-50(48-57-51(54)45-42-39-36-33-30-27-24-21-18-15-12-9-6-3)59-53(56)47-44-41-38-35-32-29-26-23-20-17-14-11-8-5-2/h27-32,50H,4-26,33-49H2,1-3H3/b30-27-,31-28-,32-29-. The highest BCUT2D eigenvalue weighted by molar-refractivity contribution is 5.71. The third-order valence-corrected chi connectivity index (χ3v) is 11.1. The summed E-state index contributed by atoms with van der Waals surface area (Å²) in [6.45, 7) is 6.59. The van der Waals surface area contributed by atoms with Crippen molar-refractivity contribution >= 4 is 17.9 Å². The number of allylic oxidation sites excluding steroid dienone is 6. The molecule has 0 aromatic carbocycles. The Morgan fingerprint density at radius 3 is 0.847 bits per heavy atom. The molecule has 0 saturated heterocycles. The Morgan fingerprint density at radius 2 is 0.559 bits per heavy atom. The molecule has 0 aliphatic heterocycles. The summed E-state index contributed by atoms with van der Waals surface area (Å²) >= 11 is 0. The minimum absolute atomic E-state index is 0.0895. The summed E-state index contributed by atoms with van der Waals surface area (Å²) in [7, 11) is 0. The van der Waals surface area contributed by atoms with Gasteiger partial charge in [-0.15, -0.1) is 0 Å². The maximum atomic E-state index is 12.8. The molecule has 59 heavy (non-hydrogen) atoms. The molecule has 0 rings (SSSR count). The molecular weight excluding hydrogens is 733 g/mol. The van der Waals surface area contributed by atoms with E-state index in [1.165, 1.54) is 128 Å². The van der Waals surface area contributed by atoms with Crippen LogP contribution in [0.15, 0.2) is 36.5 Å². The number of hydrogen-bond donors (Lipinski definition) is 0. The van der Waals surface area contributed by atoms with E-state index in [0.717, 1.165) is 96.3 Å². The van der Waals surface area contributed by atoms with E-state index >= 15 is 0 Å². The maximum Gasteiger partial charge on any atom is 0.306 e. The SMILES string of the molecule is CCCCCCCC/C=C\CCCCCC(=O)OCC(COC(=O)CCCCC/C=C\CCCCCCCCC)OC(=O)CCCCC/C=C\CCCCCCCCC. The normalized spacial score (nSPS) is 12.3. The Bertz CT molecular complexity index is 1000. The number of carbonyl (C=O) groups excluding carboxylic acids is 3. The Hall–Kier alpha value is -2.37. The Labute approximate surface area is 365 Å². The van der Waals surface area contributed by atoms with E-state index in [1.54, 1.807) is 0 Å². The maximum absolute atomic E-state index is 12.8. The molecule has 6 nitrogen and oxygen atoms in total. The van der Waals surface area contributed by atoms with Crippen LogP contribution in [0.5, 0.6) is 0 Å². The summed E-state index contributed by atoms with van der Waals surface area (Å²) in [4.78, 5) is 37.9. The first kappa shape index (κ1) is 56.6. The average Bonchev–Trinajstić information content (AvgIpc) is 3.23. The van der Waals surface area contributed by atoms with Crippen LogP contribution in [0.4, 0.5) is 0 Å². The molecule has 0 N–H and O–H groups in total. The molecule has 0 spiro atoms. The van der Waals surface area contributed by atoms with Gasteiger partial charge in [0.05, 0.1) is 0 Å². The lowest BCUT2D eigenvalue weighted by atomic mass is 10.1. The molecule has 0 aliphatic carbocycles. The highest BCUT2D eigenvalue weighted by Gasteiger charge is 2.19. The number of rotatable bonds is 46. The van der Waals surface area contributed by atoms with E-state index in [4.69, 9.17) is 14.2 Å². The van der Waals surface area contributed by atoms with Gasteiger partial charge in [0, 0.05) is 19.3 Å². The van der Waals surface area contributed by atoms with Crippen LogP contribution in [0, 0.1) is 0 Å². The summed E-state index contributed by atoms with van der Waals surface area (Å²) in [6.07, 6.45) is 55.6. The van der Waals surface area contributed by atoms with E-state index in [2.05, 4.69) is 57.2 Å². The molecule has 0 bridgehead atoms. The lowest BCUT2D eigenvalue weighted by molar-refractivity contribution is -0.167. The molecule has 344 valence electrons. The summed E-state index contributed by atoms with van der Waals surface area (Å²) in [5.74, 6) is -0.929. The lowest BCUT2D eigenvalue weighted by Gasteiger charge is -2.18. The topological polar surface area (TPSA) is 78.9 Å². The molecular formula is C53H96O6. The monoisotopic (exact) mass is 829 g/mol. The summed E-state index contributed by atoms with van der Waals surface area (Å²) in [5.41, 5.74) is 0. The van der Waals surface area contributed by atoms with Gasteiger partial charge in [-0.3, -0.25) is 14.4 Å². The smallest absolute Gasteiger partial charge is 0.306 e. The predicted octanol–water partition coefficient (Wildman–Crippen LogP) is 16.5. The first-order valence-corrected chi connectivity index (χ1v) is 25.5. The summed E-state index contributed by atoms with van der Waals surface area (Å²) < 4.78 is 16.7. The first-order valence-electron chi connectivity index (χ1n) is 25.5. The molecule has 0 amide bonds. The van der Waals surface area contributed by atoms with Crippen LogP contribution < -0.4 is 0 Å². The molecule has 0 fully saturated rings. The van der Waals surface area contributed by atoms with Gasteiger partial charge in [-0.1, -0.05) is 186 Å². The van der Waals surface area contributed by atoms with Crippen molar-refractivity contribution in [2.45, 2.75) is 271 Å². The third-order valence-electron chi connectivity index (χ3n) is 11.1. The van der Waals surface area contributed by atoms with Crippen molar-refractivity contribution in [1.82, 2.24) is 0 Å². The van der Waals surface area contributed by atoms with Crippen molar-refractivity contribution < 1.29 is 28.6 Å². The lowest BCUT2D eigenvalue weighted by Crippen LogP contribution is -2.30. The van der Waals surface area contributed by atoms with Crippen LogP contribution in [0.3, 0.4) is 0 Å². The highest BCUT2D eigenvalue weighted by Crippen LogP contribution is 2.14. The van der Waals surface area contributed by atoms with Gasteiger partial charge >= 0.3 is 17.9 Å². The van der Waals surface area contributed by atoms with Crippen LogP contribution in [-0.4, -0.2) is 37.2 Å². The van der Waals surface area contributed by atoms with Gasteiger partial charge in [0.15, 0.2) is 6.10 Å². The largest absolute Gasteiger partial charge is 0.462 e. The van der Waals surface area contributed by atoms with Gasteiger partial charge in [0.1, 0.15) is 13.2 Å². The van der Waals surface area contributed by atoms with Crippen LogP contribution >= 0.6 is 0 Å². The second-order valence-corrected chi connectivity index (χ2v) is 17.1. The quantitative estimate of drug-likeness (QED) is 0.0263. The van der Waals surface area contributed by atoms with Gasteiger partial charge in [0.2, 0.25) is 0 Å². The van der Waals surface area contributed by atoms with Crippen LogP contribution in [0.1, 0.15) is 265 Å². The first-order chi connectivity index (χ1) is 29.0. The van der Waals surface area contributed by atoms with E-state index < -0.39 is 6.10 Å². The van der Waals surface area contributed by atoms with E-state index in [0.29, 0.717) is 19.3 Å². The number of ether oxygens (including phenoxy) is 3. The fraction of sp³-hybridized carbons (Fsp3) is 0.830. The van der Waals surface area contributed by atoms with Crippen LogP contribution in [0.2, 0.25) is 0 Å². The zero-order valence-electron chi connectivity index (χ0n) is 39.3. The van der Waals surface area contributed by atoms with Crippen molar-refractivity contribution in [3.8, 4) is 0 Å². The zero-order chi connectivity index (χ0) is 43.0. The second-order valence-electron chi connectivity index (χ2n) is 17.1. The van der Waals surface area contributed by atoms with Crippen LogP contribution in [0.25, 0.3) is 0 Å². The van der Waals surface area contributed by atoms with Gasteiger partial charge in [-0.05, 0) is 96.3 Å². The van der Waals surface area contributed by atoms with Gasteiger partial charge < -0.3 is 14.2 Å². The minimum Gasteiger partial charge on any atom is -0.462 e. The molecule has 0 aromatic rings. The van der Waals surface area contributed by atoms with Crippen molar-refractivity contribution in [3.05, 3.63) is 36.5 Å². The van der Waals surface area contributed by atoms with Gasteiger partial charge in [-0.25, -0.2) is 0 Å². The Morgan fingerprint density at radius 1 is 0.322 bits per heavy atom. The van der Waals surface area contributed by atoms with E-state index in [9.17, 15) is 14.4 Å². The van der Waals surface area contributed by atoms with Crippen LogP contribution in [-0.2, 0) is 28.6 Å². The highest BCUT2D eigenvalue weighted by atomic mass is 16.6. The molecule has 1 atom stereocenters. The minimum atomic E-state index is -0.789. The number of esters is 3. The second kappa shape index (κ2) is 48.3. The molecule has 0 saturated carbocycles.